The third kappa shape index (κ3) is 2.30. The molecule has 2 heterocycles. The van der Waals surface area contributed by atoms with Crippen molar-refractivity contribution in [3.05, 3.63) is 55.7 Å². The van der Waals surface area contributed by atoms with Crippen molar-refractivity contribution in [2.75, 3.05) is 0 Å². The van der Waals surface area contributed by atoms with Crippen LogP contribution in [0.2, 0.25) is 5.02 Å². The summed E-state index contributed by atoms with van der Waals surface area (Å²) >= 11 is 13.2. The Labute approximate surface area is 139 Å². The third-order valence-corrected chi connectivity index (χ3v) is 4.64. The van der Waals surface area contributed by atoms with Gasteiger partial charge in [-0.2, -0.15) is 0 Å². The molecule has 0 aliphatic carbocycles. The number of aromatic nitrogens is 2. The first-order valence-corrected chi connectivity index (χ1v) is 8.04. The first-order chi connectivity index (χ1) is 9.47. The molecule has 0 saturated heterocycles. The Bertz CT molecular complexity index is 801. The summed E-state index contributed by atoms with van der Waals surface area (Å²) in [5.41, 5.74) is 4.15. The lowest BCUT2D eigenvalue weighted by Crippen LogP contribution is -1.97. The number of hydrogen-bond acceptors (Lipinski definition) is 1. The summed E-state index contributed by atoms with van der Waals surface area (Å²) in [6.07, 6.45) is 2.09. The van der Waals surface area contributed by atoms with Gasteiger partial charge in [0.15, 0.2) is 0 Å². The fraction of sp³-hybridized carbons (Fsp3) is 0.133. The Morgan fingerprint density at radius 3 is 2.40 bits per heavy atom. The molecule has 20 heavy (non-hydrogen) atoms. The van der Waals surface area contributed by atoms with Gasteiger partial charge in [0.2, 0.25) is 0 Å². The Morgan fingerprint density at radius 1 is 1.10 bits per heavy atom. The minimum atomic E-state index is 0.685. The van der Waals surface area contributed by atoms with Crippen LogP contribution in [0.25, 0.3) is 16.7 Å². The van der Waals surface area contributed by atoms with Gasteiger partial charge in [-0.15, -0.1) is 0 Å². The fourth-order valence-electron chi connectivity index (χ4n) is 2.29. The van der Waals surface area contributed by atoms with Gasteiger partial charge in [0.05, 0.1) is 5.69 Å². The zero-order valence-corrected chi connectivity index (χ0v) is 14.8. The van der Waals surface area contributed by atoms with Crippen LogP contribution >= 0.6 is 43.5 Å². The molecule has 0 radical (unpaired) electrons. The van der Waals surface area contributed by atoms with Crippen molar-refractivity contribution >= 4 is 54.5 Å². The third-order valence-electron chi connectivity index (χ3n) is 3.21. The average Bonchev–Trinajstić information content (AvgIpc) is 2.65. The van der Waals surface area contributed by atoms with Gasteiger partial charge in [0.25, 0.3) is 0 Å². The van der Waals surface area contributed by atoms with Gasteiger partial charge in [0.1, 0.15) is 5.65 Å². The number of halogens is 3. The maximum atomic E-state index is 6.07. The van der Waals surface area contributed by atoms with E-state index in [1.807, 2.05) is 25.1 Å². The fourth-order valence-corrected chi connectivity index (χ4v) is 4.34. The molecule has 1 aromatic carbocycles. The maximum Gasteiger partial charge on any atom is 0.145 e. The van der Waals surface area contributed by atoms with Crippen LogP contribution in [0.4, 0.5) is 0 Å². The SMILES string of the molecule is Cc1ccc2c(C)cn(-c3c(Br)cc(Cl)cc3Br)c2n1. The van der Waals surface area contributed by atoms with E-state index < -0.39 is 0 Å². The molecule has 0 unspecified atom stereocenters. The number of hydrogen-bond donors (Lipinski definition) is 0. The number of pyridine rings is 1. The first-order valence-electron chi connectivity index (χ1n) is 6.07. The van der Waals surface area contributed by atoms with Crippen molar-refractivity contribution in [1.82, 2.24) is 9.55 Å². The van der Waals surface area contributed by atoms with E-state index in [1.54, 1.807) is 0 Å². The molecule has 0 N–H and O–H groups in total. The van der Waals surface area contributed by atoms with E-state index in [1.165, 1.54) is 5.56 Å². The van der Waals surface area contributed by atoms with E-state index in [4.69, 9.17) is 11.6 Å². The molecule has 0 atom stereocenters. The lowest BCUT2D eigenvalue weighted by Gasteiger charge is -2.11. The lowest BCUT2D eigenvalue weighted by molar-refractivity contribution is 1.06. The second-order valence-corrected chi connectivity index (χ2v) is 6.87. The van der Waals surface area contributed by atoms with Gasteiger partial charge < -0.3 is 0 Å². The topological polar surface area (TPSA) is 17.8 Å². The summed E-state index contributed by atoms with van der Waals surface area (Å²) in [7, 11) is 0. The largest absolute Gasteiger partial charge is 0.299 e. The van der Waals surface area contributed by atoms with E-state index >= 15 is 0 Å². The lowest BCUT2D eigenvalue weighted by atomic mass is 10.2. The number of rotatable bonds is 1. The molecule has 0 bridgehead atoms. The van der Waals surface area contributed by atoms with Crippen molar-refractivity contribution in [1.29, 1.82) is 0 Å². The van der Waals surface area contributed by atoms with Crippen LogP contribution in [-0.2, 0) is 0 Å². The van der Waals surface area contributed by atoms with Gasteiger partial charge >= 0.3 is 0 Å². The smallest absolute Gasteiger partial charge is 0.145 e. The molecule has 2 aromatic heterocycles. The van der Waals surface area contributed by atoms with Gasteiger partial charge in [-0.1, -0.05) is 11.6 Å². The highest BCUT2D eigenvalue weighted by atomic mass is 79.9. The van der Waals surface area contributed by atoms with Gasteiger partial charge in [-0.05, 0) is 75.5 Å². The highest BCUT2D eigenvalue weighted by molar-refractivity contribution is 9.11. The summed E-state index contributed by atoms with van der Waals surface area (Å²) in [5.74, 6) is 0. The maximum absolute atomic E-state index is 6.07. The number of aryl methyl sites for hydroxylation is 2. The predicted octanol–water partition coefficient (Wildman–Crippen LogP) is 5.82. The second kappa shape index (κ2) is 5.17. The van der Waals surface area contributed by atoms with Crippen LogP contribution in [0.15, 0.2) is 39.4 Å². The standard InChI is InChI=1S/C15H11Br2ClN2/c1-8-7-20(15-11(8)4-3-9(2)19-15)14-12(16)5-10(18)6-13(14)17/h3-7H,1-2H3. The molecule has 3 aromatic rings. The van der Waals surface area contributed by atoms with Gasteiger partial charge in [-0.25, -0.2) is 4.98 Å². The zero-order valence-electron chi connectivity index (χ0n) is 10.9. The Morgan fingerprint density at radius 2 is 1.75 bits per heavy atom. The Hall–Kier alpha value is -0.840. The molecular formula is C15H11Br2ClN2. The minimum Gasteiger partial charge on any atom is -0.299 e. The van der Waals surface area contributed by atoms with Crippen molar-refractivity contribution in [2.24, 2.45) is 0 Å². The number of benzene rings is 1. The van der Waals surface area contributed by atoms with Crippen molar-refractivity contribution in [3.8, 4) is 5.69 Å². The van der Waals surface area contributed by atoms with Gasteiger partial charge in [0, 0.05) is 31.2 Å². The van der Waals surface area contributed by atoms with Crippen LogP contribution in [-0.4, -0.2) is 9.55 Å². The molecule has 0 aliphatic rings. The monoisotopic (exact) mass is 412 g/mol. The number of fused-ring (bicyclic) bond motifs is 1. The molecule has 2 nitrogen and oxygen atoms in total. The molecule has 0 aliphatic heterocycles. The van der Waals surface area contributed by atoms with Crippen LogP contribution in [0, 0.1) is 13.8 Å². The van der Waals surface area contributed by atoms with Crippen molar-refractivity contribution < 1.29 is 0 Å². The molecule has 5 heteroatoms. The highest BCUT2D eigenvalue weighted by Gasteiger charge is 2.14. The van der Waals surface area contributed by atoms with Crippen LogP contribution in [0.5, 0.6) is 0 Å². The van der Waals surface area contributed by atoms with Gasteiger partial charge in [-0.3, -0.25) is 4.57 Å². The van der Waals surface area contributed by atoms with Crippen LogP contribution < -0.4 is 0 Å². The quantitative estimate of drug-likeness (QED) is 0.491. The summed E-state index contributed by atoms with van der Waals surface area (Å²) < 4.78 is 3.94. The van der Waals surface area contributed by atoms with E-state index in [-0.39, 0.29) is 0 Å². The summed E-state index contributed by atoms with van der Waals surface area (Å²) in [6, 6.07) is 7.92. The van der Waals surface area contributed by atoms with Crippen LogP contribution in [0.3, 0.4) is 0 Å². The second-order valence-electron chi connectivity index (χ2n) is 4.72. The highest BCUT2D eigenvalue weighted by Crippen LogP contribution is 2.35. The van der Waals surface area contributed by atoms with E-state index in [9.17, 15) is 0 Å². The molecule has 102 valence electrons. The summed E-state index contributed by atoms with van der Waals surface area (Å²) in [5, 5.41) is 1.84. The molecule has 3 rings (SSSR count). The minimum absolute atomic E-state index is 0.685. The summed E-state index contributed by atoms with van der Waals surface area (Å²) in [6.45, 7) is 4.09. The normalized spacial score (nSPS) is 11.2. The molecular weight excluding hydrogens is 403 g/mol. The van der Waals surface area contributed by atoms with Crippen molar-refractivity contribution in [3.63, 3.8) is 0 Å². The number of nitrogens with zero attached hydrogens (tertiary/aromatic N) is 2. The zero-order chi connectivity index (χ0) is 14.4. The Kier molecular flexibility index (Phi) is 3.65. The van der Waals surface area contributed by atoms with Crippen LogP contribution in [0.1, 0.15) is 11.3 Å². The van der Waals surface area contributed by atoms with E-state index in [2.05, 4.69) is 60.6 Å². The van der Waals surface area contributed by atoms with Crippen molar-refractivity contribution in [2.45, 2.75) is 13.8 Å². The molecule has 0 amide bonds. The average molecular weight is 415 g/mol. The van der Waals surface area contributed by atoms with E-state index in [0.717, 1.165) is 31.4 Å². The molecule has 0 saturated carbocycles. The van der Waals surface area contributed by atoms with E-state index in [0.29, 0.717) is 5.02 Å². The first kappa shape index (κ1) is 14.1. The summed E-state index contributed by atoms with van der Waals surface area (Å²) in [4.78, 5) is 4.67. The molecule has 0 fully saturated rings. The molecule has 0 spiro atoms. The predicted molar refractivity (Wildman–Crippen MR) is 91.0 cm³/mol. The Balaban J connectivity index is 2.38.